The fourth-order valence-electron chi connectivity index (χ4n) is 11.7. The predicted octanol–water partition coefficient (Wildman–Crippen LogP) is 16.1. The number of hydrogen-bond donors (Lipinski definition) is 0. The quantitative estimate of drug-likeness (QED) is 0.140. The van der Waals surface area contributed by atoms with Crippen molar-refractivity contribution < 1.29 is 0 Å². The van der Waals surface area contributed by atoms with Gasteiger partial charge in [0.2, 0.25) is 0 Å². The van der Waals surface area contributed by atoms with E-state index in [4.69, 9.17) is 0 Å². The van der Waals surface area contributed by atoms with E-state index >= 15 is 0 Å². The topological polar surface area (TPSA) is 6.48 Å². The molecule has 362 valence electrons. The van der Waals surface area contributed by atoms with Gasteiger partial charge < -0.3 is 9.80 Å². The third-order valence-corrected chi connectivity index (χ3v) is 19.6. The van der Waals surface area contributed by atoms with Gasteiger partial charge in [0.15, 0.2) is 0 Å². The first kappa shape index (κ1) is 48.4. The molecule has 0 unspecified atom stereocenters. The van der Waals surface area contributed by atoms with Gasteiger partial charge in [0.25, 0.3) is 6.71 Å². The number of benzene rings is 9. The number of para-hydroxylation sites is 2. The highest BCUT2D eigenvalue weighted by atomic mass is 28.3. The summed E-state index contributed by atoms with van der Waals surface area (Å²) in [4.78, 5) is 5.29. The molecule has 73 heavy (non-hydrogen) atoms. The Balaban J connectivity index is 1.17. The molecule has 0 N–H and O–H groups in total. The van der Waals surface area contributed by atoms with Crippen LogP contribution in [0, 0.1) is 0 Å². The molecule has 9 aromatic rings. The van der Waals surface area contributed by atoms with E-state index < -0.39 is 16.1 Å². The van der Waals surface area contributed by atoms with Crippen LogP contribution >= 0.6 is 0 Å². The van der Waals surface area contributed by atoms with Gasteiger partial charge in [-0.25, -0.2) is 0 Å². The molecule has 2 nitrogen and oxygen atoms in total. The van der Waals surface area contributed by atoms with Gasteiger partial charge in [0, 0.05) is 34.1 Å². The lowest BCUT2D eigenvalue weighted by atomic mass is 9.33. The van der Waals surface area contributed by atoms with Crippen molar-refractivity contribution in [3.05, 3.63) is 211 Å². The van der Waals surface area contributed by atoms with Gasteiger partial charge in [-0.2, -0.15) is 0 Å². The predicted molar refractivity (Wildman–Crippen MR) is 326 cm³/mol. The van der Waals surface area contributed by atoms with E-state index in [1.807, 2.05) is 0 Å². The second kappa shape index (κ2) is 17.9. The lowest BCUT2D eigenvalue weighted by molar-refractivity contribution is 0.590. The van der Waals surface area contributed by atoms with Crippen LogP contribution < -0.4 is 36.6 Å². The van der Waals surface area contributed by atoms with E-state index in [1.54, 1.807) is 0 Å². The number of nitrogens with zero attached hydrogens (tertiary/aromatic N) is 2. The second-order valence-electron chi connectivity index (χ2n) is 24.6. The maximum absolute atomic E-state index is 2.64. The molecule has 2 aliphatic heterocycles. The third kappa shape index (κ3) is 8.64. The number of fused-ring (bicyclic) bond motifs is 4. The van der Waals surface area contributed by atoms with E-state index in [-0.39, 0.29) is 17.5 Å². The van der Waals surface area contributed by atoms with Crippen LogP contribution in [0.15, 0.2) is 200 Å². The summed E-state index contributed by atoms with van der Waals surface area (Å²) in [6.45, 7) is 28.6. The van der Waals surface area contributed by atoms with Crippen LogP contribution in [0.1, 0.15) is 52.7 Å². The van der Waals surface area contributed by atoms with Crippen molar-refractivity contribution in [2.24, 2.45) is 0 Å². The number of anilines is 6. The lowest BCUT2D eigenvalue weighted by Crippen LogP contribution is -2.62. The van der Waals surface area contributed by atoms with Crippen molar-refractivity contribution in [3.8, 4) is 44.5 Å². The van der Waals surface area contributed by atoms with Crippen molar-refractivity contribution in [2.75, 3.05) is 9.80 Å². The van der Waals surface area contributed by atoms with E-state index in [1.165, 1.54) is 117 Å². The monoisotopic (exact) mass is 981 g/mol. The largest absolute Gasteiger partial charge is 0.312 e. The van der Waals surface area contributed by atoms with Crippen LogP contribution in [0.25, 0.3) is 44.5 Å². The minimum Gasteiger partial charge on any atom is -0.312 e. The average Bonchev–Trinajstić information content (AvgIpc) is 3.38. The van der Waals surface area contributed by atoms with Crippen LogP contribution in [-0.4, -0.2) is 22.9 Å². The molecule has 5 heteroatoms. The van der Waals surface area contributed by atoms with E-state index in [2.05, 4.69) is 291 Å². The maximum atomic E-state index is 2.64. The lowest BCUT2D eigenvalue weighted by Gasteiger charge is -2.45. The van der Waals surface area contributed by atoms with Crippen LogP contribution in [0.5, 0.6) is 0 Å². The minimum atomic E-state index is -1.86. The zero-order valence-corrected chi connectivity index (χ0v) is 47.0. The normalized spacial score (nSPS) is 13.4. The van der Waals surface area contributed by atoms with Crippen molar-refractivity contribution in [1.29, 1.82) is 0 Å². The van der Waals surface area contributed by atoms with Gasteiger partial charge in [-0.1, -0.05) is 245 Å². The maximum Gasteiger partial charge on any atom is 0.252 e. The van der Waals surface area contributed by atoms with Crippen LogP contribution in [0.3, 0.4) is 0 Å². The van der Waals surface area contributed by atoms with E-state index in [9.17, 15) is 0 Å². The highest BCUT2D eigenvalue weighted by Crippen LogP contribution is 2.47. The van der Waals surface area contributed by atoms with Crippen molar-refractivity contribution in [1.82, 2.24) is 0 Å². The Morgan fingerprint density at radius 2 is 0.630 bits per heavy atom. The summed E-state index contributed by atoms with van der Waals surface area (Å²) in [5.41, 5.74) is 24.3. The van der Waals surface area contributed by atoms with Crippen LogP contribution in [-0.2, 0) is 10.8 Å². The Morgan fingerprint density at radius 3 is 0.986 bits per heavy atom. The molecule has 0 aliphatic carbocycles. The molecule has 0 atom stereocenters. The molecule has 0 bridgehead atoms. The Bertz CT molecular complexity index is 3330. The third-order valence-electron chi connectivity index (χ3n) is 15.5. The highest BCUT2D eigenvalue weighted by Gasteiger charge is 2.45. The van der Waals surface area contributed by atoms with Gasteiger partial charge in [0.05, 0.1) is 16.1 Å². The standard InChI is InChI=1S/C68H69BN2Si2/c1-67(2,3)50-38-32-46(33-39-50)52-22-13-15-24-54(52)48-36-42-56-62(44-48)70(58-26-17-19-30-64(58)72(7,8)9)60-28-21-29-61-66(60)69(56)57-43-37-49(45-63(57)71(61)59-27-18-20-31-65(59)73(10,11)12)55-25-16-14-23-53(55)47-34-40-51(41-35-47)68(4,5)6/h13-45H,1-12H3. The zero-order valence-electron chi connectivity index (χ0n) is 45.0. The molecule has 0 aromatic heterocycles. The van der Waals surface area contributed by atoms with Crippen molar-refractivity contribution in [2.45, 2.75) is 91.7 Å². The molecule has 2 aliphatic rings. The highest BCUT2D eigenvalue weighted by molar-refractivity contribution is 7.00. The number of rotatable bonds is 8. The second-order valence-corrected chi connectivity index (χ2v) is 34.7. The van der Waals surface area contributed by atoms with Gasteiger partial charge in [-0.15, -0.1) is 0 Å². The molecular formula is C68H69BN2Si2. The molecule has 0 saturated carbocycles. The molecule has 0 fully saturated rings. The van der Waals surface area contributed by atoms with Crippen LogP contribution in [0.4, 0.5) is 34.1 Å². The average molecular weight is 981 g/mol. The molecular weight excluding hydrogens is 912 g/mol. The SMILES string of the molecule is CC(C)(C)c1ccc(-c2ccccc2-c2ccc3c(c2)N(c2ccccc2[Si](C)(C)C)c2cccc4c2B3c2ccc(-c3ccccc3-c3ccc(C(C)(C)C)cc3)cc2N4c2ccccc2[Si](C)(C)C)cc1. The summed E-state index contributed by atoms with van der Waals surface area (Å²) < 4.78 is 0. The molecule has 0 spiro atoms. The van der Waals surface area contributed by atoms with Crippen molar-refractivity contribution >= 4 is 83.7 Å². The Hall–Kier alpha value is -6.92. The van der Waals surface area contributed by atoms with Gasteiger partial charge >= 0.3 is 0 Å². The van der Waals surface area contributed by atoms with Gasteiger partial charge in [0.1, 0.15) is 0 Å². The summed E-state index contributed by atoms with van der Waals surface area (Å²) in [6, 6.07) is 76.8. The zero-order chi connectivity index (χ0) is 51.2. The summed E-state index contributed by atoms with van der Waals surface area (Å²) >= 11 is 0. The molecule has 0 radical (unpaired) electrons. The molecule has 0 amide bonds. The fourth-order valence-corrected chi connectivity index (χ4v) is 14.8. The van der Waals surface area contributed by atoms with E-state index in [0.29, 0.717) is 0 Å². The van der Waals surface area contributed by atoms with Crippen LogP contribution in [0.2, 0.25) is 39.3 Å². The number of hydrogen-bond acceptors (Lipinski definition) is 2. The summed E-state index contributed by atoms with van der Waals surface area (Å²) in [5.74, 6) is 0. The van der Waals surface area contributed by atoms with Crippen molar-refractivity contribution in [3.63, 3.8) is 0 Å². The first-order chi connectivity index (χ1) is 34.8. The summed E-state index contributed by atoms with van der Waals surface area (Å²) in [7, 11) is -3.71. The first-order valence-corrected chi connectivity index (χ1v) is 33.4. The summed E-state index contributed by atoms with van der Waals surface area (Å²) in [6.07, 6.45) is 0. The molecule has 2 heterocycles. The molecule has 0 saturated heterocycles. The Morgan fingerprint density at radius 1 is 0.315 bits per heavy atom. The summed E-state index contributed by atoms with van der Waals surface area (Å²) in [5, 5.41) is 2.91. The Kier molecular flexibility index (Phi) is 11.9. The van der Waals surface area contributed by atoms with E-state index in [0.717, 1.165) is 0 Å². The molecule has 9 aromatic carbocycles. The minimum absolute atomic E-state index is 0.00902. The molecule has 11 rings (SSSR count). The van der Waals surface area contributed by atoms with Gasteiger partial charge in [-0.05, 0) is 130 Å². The fraction of sp³-hybridized carbons (Fsp3) is 0.206. The smallest absolute Gasteiger partial charge is 0.252 e. The van der Waals surface area contributed by atoms with Gasteiger partial charge in [-0.3, -0.25) is 0 Å². The Labute approximate surface area is 438 Å². The first-order valence-electron chi connectivity index (χ1n) is 26.4.